The Morgan fingerprint density at radius 2 is 1.86 bits per heavy atom. The van der Waals surface area contributed by atoms with E-state index >= 15 is 0 Å². The fourth-order valence-electron chi connectivity index (χ4n) is 2.65. The van der Waals surface area contributed by atoms with Gasteiger partial charge in [-0.2, -0.15) is 0 Å². The molecule has 0 spiro atoms. The fourth-order valence-corrected chi connectivity index (χ4v) is 4.27. The number of amides is 1. The summed E-state index contributed by atoms with van der Waals surface area (Å²) in [6.07, 6.45) is 3.40. The van der Waals surface area contributed by atoms with Crippen LogP contribution in [0.15, 0.2) is 35.2 Å². The van der Waals surface area contributed by atoms with Crippen LogP contribution in [-0.4, -0.2) is 22.9 Å². The summed E-state index contributed by atoms with van der Waals surface area (Å²) in [4.78, 5) is 13.1. The van der Waals surface area contributed by atoms with Crippen LogP contribution in [-0.2, 0) is 0 Å². The molecule has 0 bridgehead atoms. The monoisotopic (exact) mass is 431 g/mol. The lowest BCUT2D eigenvalue weighted by Crippen LogP contribution is -2.13. The first-order chi connectivity index (χ1) is 13.3. The van der Waals surface area contributed by atoms with Crippen LogP contribution in [0.5, 0.6) is 0 Å². The van der Waals surface area contributed by atoms with Crippen molar-refractivity contribution in [3.05, 3.63) is 58.4 Å². The van der Waals surface area contributed by atoms with Crippen molar-refractivity contribution in [2.24, 2.45) is 0 Å². The van der Waals surface area contributed by atoms with E-state index in [2.05, 4.69) is 12.2 Å². The molecule has 0 heterocycles. The molecule has 0 unspecified atom stereocenters. The van der Waals surface area contributed by atoms with Crippen molar-refractivity contribution in [2.45, 2.75) is 42.8 Å². The smallest absolute Gasteiger partial charge is 0.255 e. The van der Waals surface area contributed by atoms with Gasteiger partial charge in [-0.3, -0.25) is 4.79 Å². The van der Waals surface area contributed by atoms with Crippen molar-refractivity contribution in [3.63, 3.8) is 0 Å². The average molecular weight is 432 g/mol. The number of rotatable bonds is 9. The van der Waals surface area contributed by atoms with Gasteiger partial charge >= 0.3 is 0 Å². The van der Waals surface area contributed by atoms with E-state index in [9.17, 15) is 18.0 Å². The highest BCUT2D eigenvalue weighted by Crippen LogP contribution is 2.35. The average Bonchev–Trinajstić information content (AvgIpc) is 2.65. The molecule has 2 aromatic rings. The molecule has 8 heteroatoms. The SMILES string of the molecule is CCC[C@@H](CCCO)Sc1cc(C(=O)Nc2cc(F)c(F)c(F)c2)ccc1Cl. The number of thioether (sulfide) groups is 1. The number of hydrogen-bond acceptors (Lipinski definition) is 3. The van der Waals surface area contributed by atoms with Crippen LogP contribution >= 0.6 is 23.4 Å². The molecule has 2 N–H and O–H groups in total. The highest BCUT2D eigenvalue weighted by Gasteiger charge is 2.16. The molecule has 28 heavy (non-hydrogen) atoms. The normalized spacial score (nSPS) is 12.1. The zero-order valence-electron chi connectivity index (χ0n) is 15.3. The predicted octanol–water partition coefficient (Wildman–Crippen LogP) is 6.04. The van der Waals surface area contributed by atoms with E-state index in [1.807, 2.05) is 0 Å². The second-order valence-electron chi connectivity index (χ2n) is 6.25. The summed E-state index contributed by atoms with van der Waals surface area (Å²) in [5, 5.41) is 12.1. The van der Waals surface area contributed by atoms with Crippen molar-refractivity contribution in [1.29, 1.82) is 0 Å². The molecule has 1 amide bonds. The topological polar surface area (TPSA) is 49.3 Å². The molecule has 1 atom stereocenters. The number of aliphatic hydroxyl groups excluding tert-OH is 1. The largest absolute Gasteiger partial charge is 0.396 e. The van der Waals surface area contributed by atoms with Crippen LogP contribution in [0.3, 0.4) is 0 Å². The number of hydrogen-bond donors (Lipinski definition) is 2. The molecule has 152 valence electrons. The van der Waals surface area contributed by atoms with E-state index in [0.717, 1.165) is 19.3 Å². The number of benzene rings is 2. The van der Waals surface area contributed by atoms with E-state index < -0.39 is 23.4 Å². The summed E-state index contributed by atoms with van der Waals surface area (Å²) >= 11 is 7.79. The molecule has 0 saturated heterocycles. The molecule has 0 aliphatic carbocycles. The first kappa shape index (κ1) is 22.6. The lowest BCUT2D eigenvalue weighted by atomic mass is 10.1. The lowest BCUT2D eigenvalue weighted by Gasteiger charge is -2.17. The van der Waals surface area contributed by atoms with Crippen molar-refractivity contribution in [3.8, 4) is 0 Å². The summed E-state index contributed by atoms with van der Waals surface area (Å²) in [6.45, 7) is 2.18. The number of anilines is 1. The number of aliphatic hydroxyl groups is 1. The minimum atomic E-state index is -1.59. The van der Waals surface area contributed by atoms with Crippen molar-refractivity contribution in [1.82, 2.24) is 0 Å². The minimum Gasteiger partial charge on any atom is -0.396 e. The molecule has 2 rings (SSSR count). The third-order valence-corrected chi connectivity index (χ3v) is 5.86. The van der Waals surface area contributed by atoms with Gasteiger partial charge in [-0.05, 0) is 37.5 Å². The van der Waals surface area contributed by atoms with E-state index in [1.54, 1.807) is 12.1 Å². The Morgan fingerprint density at radius 3 is 2.46 bits per heavy atom. The number of carbonyl (C=O) groups is 1. The van der Waals surface area contributed by atoms with Crippen molar-refractivity contribution >= 4 is 35.0 Å². The van der Waals surface area contributed by atoms with Crippen LogP contribution in [0, 0.1) is 17.5 Å². The van der Waals surface area contributed by atoms with E-state index in [1.165, 1.54) is 17.8 Å². The summed E-state index contributed by atoms with van der Waals surface area (Å²) in [7, 11) is 0. The van der Waals surface area contributed by atoms with Gasteiger partial charge in [0, 0.05) is 40.1 Å². The summed E-state index contributed by atoms with van der Waals surface area (Å²) in [5.41, 5.74) is 0.0757. The molecule has 3 nitrogen and oxygen atoms in total. The fraction of sp³-hybridized carbons (Fsp3) is 0.350. The van der Waals surface area contributed by atoms with Crippen LogP contribution in [0.25, 0.3) is 0 Å². The molecular weight excluding hydrogens is 411 g/mol. The van der Waals surface area contributed by atoms with Gasteiger partial charge in [0.05, 0.1) is 5.02 Å². The van der Waals surface area contributed by atoms with Crippen LogP contribution in [0.2, 0.25) is 5.02 Å². The molecule has 0 fully saturated rings. The molecular formula is C20H21ClF3NO2S. The maximum atomic E-state index is 13.3. The Bertz CT molecular complexity index is 812. The molecule has 2 aromatic carbocycles. The molecule has 0 aliphatic heterocycles. The maximum Gasteiger partial charge on any atom is 0.255 e. The predicted molar refractivity (Wildman–Crippen MR) is 107 cm³/mol. The summed E-state index contributed by atoms with van der Waals surface area (Å²) in [6, 6.07) is 6.13. The second-order valence-corrected chi connectivity index (χ2v) is 8.00. The van der Waals surface area contributed by atoms with Gasteiger partial charge in [0.15, 0.2) is 17.5 Å². The Hall–Kier alpha value is -1.70. The Kier molecular flexibility index (Phi) is 8.66. The standard InChI is InChI=1S/C20H21ClF3NO2S/c1-2-4-14(5-3-8-26)28-18-9-12(6-7-15(18)21)20(27)25-13-10-16(22)19(24)17(23)11-13/h6-7,9-11,14,26H,2-5,8H2,1H3,(H,25,27)/t14-/m0/s1. The quantitative estimate of drug-likeness (QED) is 0.375. The maximum absolute atomic E-state index is 13.3. The van der Waals surface area contributed by atoms with E-state index in [0.29, 0.717) is 28.5 Å². The highest BCUT2D eigenvalue weighted by molar-refractivity contribution is 8.00. The lowest BCUT2D eigenvalue weighted by molar-refractivity contribution is 0.102. The van der Waals surface area contributed by atoms with E-state index in [-0.39, 0.29) is 23.1 Å². The minimum absolute atomic E-state index is 0.113. The summed E-state index contributed by atoms with van der Waals surface area (Å²) < 4.78 is 39.7. The molecule has 0 aliphatic rings. The summed E-state index contributed by atoms with van der Waals surface area (Å²) in [5.74, 6) is -4.94. The van der Waals surface area contributed by atoms with Crippen LogP contribution < -0.4 is 5.32 Å². The molecule has 0 aromatic heterocycles. The third-order valence-electron chi connectivity index (χ3n) is 4.02. The Labute approximate surface area is 171 Å². The second kappa shape index (κ2) is 10.7. The molecule has 0 radical (unpaired) electrons. The first-order valence-electron chi connectivity index (χ1n) is 8.88. The van der Waals surface area contributed by atoms with Crippen LogP contribution in [0.1, 0.15) is 43.0 Å². The number of halogens is 4. The number of carbonyl (C=O) groups excluding carboxylic acids is 1. The van der Waals surface area contributed by atoms with Gasteiger partial charge in [-0.1, -0.05) is 24.9 Å². The number of nitrogens with one attached hydrogen (secondary N) is 1. The zero-order chi connectivity index (χ0) is 20.7. The van der Waals surface area contributed by atoms with E-state index in [4.69, 9.17) is 16.7 Å². The highest BCUT2D eigenvalue weighted by atomic mass is 35.5. The Morgan fingerprint density at radius 1 is 1.18 bits per heavy atom. The van der Waals surface area contributed by atoms with Crippen molar-refractivity contribution < 1.29 is 23.1 Å². The van der Waals surface area contributed by atoms with Gasteiger partial charge in [-0.25, -0.2) is 13.2 Å². The zero-order valence-corrected chi connectivity index (χ0v) is 16.8. The van der Waals surface area contributed by atoms with Gasteiger partial charge in [0.25, 0.3) is 5.91 Å². The van der Waals surface area contributed by atoms with Gasteiger partial charge < -0.3 is 10.4 Å². The first-order valence-corrected chi connectivity index (χ1v) is 10.1. The van der Waals surface area contributed by atoms with Gasteiger partial charge in [0.2, 0.25) is 0 Å². The Balaban J connectivity index is 2.17. The van der Waals surface area contributed by atoms with Crippen LogP contribution in [0.4, 0.5) is 18.9 Å². The molecule has 0 saturated carbocycles. The van der Waals surface area contributed by atoms with Crippen molar-refractivity contribution in [2.75, 3.05) is 11.9 Å². The van der Waals surface area contributed by atoms with Gasteiger partial charge in [0.1, 0.15) is 0 Å². The van der Waals surface area contributed by atoms with Gasteiger partial charge in [-0.15, -0.1) is 11.8 Å². The third kappa shape index (κ3) is 6.15.